The number of carbonyl (C=O) groups is 2. The van der Waals surface area contributed by atoms with Crippen LogP contribution >= 0.6 is 11.6 Å². The zero-order valence-corrected chi connectivity index (χ0v) is 14.4. The fraction of sp³-hybridized carbons (Fsp3) is 0.222. The number of halogens is 3. The number of ether oxygens (including phenoxy) is 1. The summed E-state index contributed by atoms with van der Waals surface area (Å²) in [5.74, 6) is -0.646. The summed E-state index contributed by atoms with van der Waals surface area (Å²) < 4.78 is 28.4. The predicted molar refractivity (Wildman–Crippen MR) is 93.6 cm³/mol. The fourth-order valence-corrected chi connectivity index (χ4v) is 2.33. The molecule has 2 N–H and O–H groups in total. The van der Waals surface area contributed by atoms with E-state index in [-0.39, 0.29) is 18.2 Å². The number of alkyl halides is 2. The molecule has 2 amide bonds. The molecule has 0 atom stereocenters. The van der Waals surface area contributed by atoms with Gasteiger partial charge in [-0.15, -0.1) is 0 Å². The van der Waals surface area contributed by atoms with Crippen molar-refractivity contribution < 1.29 is 23.1 Å². The number of hydrogen-bond acceptors (Lipinski definition) is 3. The van der Waals surface area contributed by atoms with Gasteiger partial charge in [-0.1, -0.05) is 29.8 Å². The molecule has 2 aromatic carbocycles. The SMILES string of the molecule is O=C(CNC(=O)c1cccc(Cl)c1)NCCc1ccc(OC(F)F)cc1. The van der Waals surface area contributed by atoms with Gasteiger partial charge in [0, 0.05) is 17.1 Å². The van der Waals surface area contributed by atoms with Crippen molar-refractivity contribution in [1.29, 1.82) is 0 Å². The minimum Gasteiger partial charge on any atom is -0.435 e. The van der Waals surface area contributed by atoms with Gasteiger partial charge in [0.15, 0.2) is 0 Å². The summed E-state index contributed by atoms with van der Waals surface area (Å²) in [6, 6.07) is 12.6. The maximum Gasteiger partial charge on any atom is 0.387 e. The third kappa shape index (κ3) is 6.68. The smallest absolute Gasteiger partial charge is 0.387 e. The average Bonchev–Trinajstić information content (AvgIpc) is 2.60. The highest BCUT2D eigenvalue weighted by molar-refractivity contribution is 6.30. The summed E-state index contributed by atoms with van der Waals surface area (Å²) in [7, 11) is 0. The van der Waals surface area contributed by atoms with Crippen molar-refractivity contribution in [2.45, 2.75) is 13.0 Å². The number of nitrogens with one attached hydrogen (secondary N) is 2. The Bertz CT molecular complexity index is 754. The van der Waals surface area contributed by atoms with E-state index in [1.54, 1.807) is 30.3 Å². The zero-order chi connectivity index (χ0) is 18.9. The van der Waals surface area contributed by atoms with E-state index in [0.29, 0.717) is 23.6 Å². The zero-order valence-electron chi connectivity index (χ0n) is 13.7. The Morgan fingerprint density at radius 2 is 1.81 bits per heavy atom. The summed E-state index contributed by atoms with van der Waals surface area (Å²) in [4.78, 5) is 23.6. The van der Waals surface area contributed by atoms with Gasteiger partial charge >= 0.3 is 6.61 Å². The quantitative estimate of drug-likeness (QED) is 0.737. The van der Waals surface area contributed by atoms with Gasteiger partial charge in [-0.2, -0.15) is 8.78 Å². The second-order valence-corrected chi connectivity index (χ2v) is 5.75. The lowest BCUT2D eigenvalue weighted by molar-refractivity contribution is -0.120. The highest BCUT2D eigenvalue weighted by Crippen LogP contribution is 2.15. The number of rotatable bonds is 8. The molecule has 0 unspecified atom stereocenters. The lowest BCUT2D eigenvalue weighted by atomic mass is 10.1. The molecule has 26 heavy (non-hydrogen) atoms. The van der Waals surface area contributed by atoms with Gasteiger partial charge in [-0.3, -0.25) is 9.59 Å². The third-order valence-electron chi connectivity index (χ3n) is 3.38. The van der Waals surface area contributed by atoms with Crippen LogP contribution in [0.2, 0.25) is 5.02 Å². The molecule has 5 nitrogen and oxygen atoms in total. The largest absolute Gasteiger partial charge is 0.435 e. The van der Waals surface area contributed by atoms with Crippen molar-refractivity contribution in [2.75, 3.05) is 13.1 Å². The Morgan fingerprint density at radius 1 is 1.08 bits per heavy atom. The van der Waals surface area contributed by atoms with Crippen LogP contribution < -0.4 is 15.4 Å². The molecule has 138 valence electrons. The van der Waals surface area contributed by atoms with Crippen molar-refractivity contribution in [2.24, 2.45) is 0 Å². The standard InChI is InChI=1S/C18H17ClF2N2O3/c19-14-3-1-2-13(10-14)17(25)23-11-16(24)22-9-8-12-4-6-15(7-5-12)26-18(20)21/h1-7,10,18H,8-9,11H2,(H,22,24)(H,23,25). The Balaban J connectivity index is 1.69. The highest BCUT2D eigenvalue weighted by Gasteiger charge is 2.08. The van der Waals surface area contributed by atoms with Gasteiger partial charge < -0.3 is 15.4 Å². The summed E-state index contributed by atoms with van der Waals surface area (Å²) >= 11 is 5.81. The number of hydrogen-bond donors (Lipinski definition) is 2. The Morgan fingerprint density at radius 3 is 2.46 bits per heavy atom. The lowest BCUT2D eigenvalue weighted by Crippen LogP contribution is -2.37. The van der Waals surface area contributed by atoms with Crippen LogP contribution in [0.15, 0.2) is 48.5 Å². The summed E-state index contributed by atoms with van der Waals surface area (Å²) in [6.07, 6.45) is 0.517. The Hall–Kier alpha value is -2.67. The molecule has 0 radical (unpaired) electrons. The van der Waals surface area contributed by atoms with Gasteiger partial charge in [0.25, 0.3) is 5.91 Å². The van der Waals surface area contributed by atoms with Crippen molar-refractivity contribution >= 4 is 23.4 Å². The lowest BCUT2D eigenvalue weighted by Gasteiger charge is -2.08. The first-order valence-corrected chi connectivity index (χ1v) is 8.16. The van der Waals surface area contributed by atoms with E-state index in [9.17, 15) is 18.4 Å². The molecular formula is C18H17ClF2N2O3. The molecule has 2 aromatic rings. The maximum absolute atomic E-state index is 12.1. The molecule has 8 heteroatoms. The van der Waals surface area contributed by atoms with E-state index in [1.165, 1.54) is 18.2 Å². The number of benzene rings is 2. The fourth-order valence-electron chi connectivity index (χ4n) is 2.14. The summed E-state index contributed by atoms with van der Waals surface area (Å²) in [5.41, 5.74) is 1.23. The van der Waals surface area contributed by atoms with E-state index >= 15 is 0 Å². The molecule has 0 fully saturated rings. The number of amides is 2. The topological polar surface area (TPSA) is 67.4 Å². The van der Waals surface area contributed by atoms with E-state index < -0.39 is 12.5 Å². The first kappa shape index (κ1) is 19.7. The van der Waals surface area contributed by atoms with Crippen LogP contribution in [0.4, 0.5) is 8.78 Å². The van der Waals surface area contributed by atoms with Gasteiger partial charge in [0.1, 0.15) is 5.75 Å². The van der Waals surface area contributed by atoms with E-state index in [0.717, 1.165) is 5.56 Å². The van der Waals surface area contributed by atoms with Crippen molar-refractivity contribution in [1.82, 2.24) is 10.6 Å². The van der Waals surface area contributed by atoms with Crippen LogP contribution in [0.25, 0.3) is 0 Å². The summed E-state index contributed by atoms with van der Waals surface area (Å²) in [6.45, 7) is -2.67. The van der Waals surface area contributed by atoms with Crippen LogP contribution in [0.5, 0.6) is 5.75 Å². The molecule has 0 spiro atoms. The van der Waals surface area contributed by atoms with Crippen molar-refractivity contribution in [3.05, 3.63) is 64.7 Å². The normalized spacial score (nSPS) is 10.5. The maximum atomic E-state index is 12.1. The molecule has 0 aromatic heterocycles. The average molecular weight is 383 g/mol. The van der Waals surface area contributed by atoms with E-state index in [4.69, 9.17) is 11.6 Å². The highest BCUT2D eigenvalue weighted by atomic mass is 35.5. The molecule has 0 aliphatic carbocycles. The Kier molecular flexibility index (Phi) is 7.35. The van der Waals surface area contributed by atoms with E-state index in [2.05, 4.69) is 15.4 Å². The molecule has 0 saturated heterocycles. The van der Waals surface area contributed by atoms with Crippen molar-refractivity contribution in [3.63, 3.8) is 0 Å². The van der Waals surface area contributed by atoms with Crippen LogP contribution in [-0.2, 0) is 11.2 Å². The second-order valence-electron chi connectivity index (χ2n) is 5.32. The van der Waals surface area contributed by atoms with E-state index in [1.807, 2.05) is 0 Å². The molecule has 2 rings (SSSR count). The van der Waals surface area contributed by atoms with Crippen LogP contribution in [0, 0.1) is 0 Å². The van der Waals surface area contributed by atoms with Crippen LogP contribution in [-0.4, -0.2) is 31.5 Å². The molecule has 0 saturated carbocycles. The monoisotopic (exact) mass is 382 g/mol. The molecular weight excluding hydrogens is 366 g/mol. The van der Waals surface area contributed by atoms with Crippen LogP contribution in [0.3, 0.4) is 0 Å². The van der Waals surface area contributed by atoms with Crippen molar-refractivity contribution in [3.8, 4) is 5.75 Å². The second kappa shape index (κ2) is 9.72. The number of carbonyl (C=O) groups excluding carboxylic acids is 2. The van der Waals surface area contributed by atoms with Gasteiger partial charge in [-0.25, -0.2) is 0 Å². The van der Waals surface area contributed by atoms with Gasteiger partial charge in [0.05, 0.1) is 6.54 Å². The third-order valence-corrected chi connectivity index (χ3v) is 3.62. The minimum absolute atomic E-state index is 0.0801. The first-order valence-electron chi connectivity index (χ1n) is 7.78. The predicted octanol–water partition coefficient (Wildman–Crippen LogP) is 3.03. The molecule has 0 bridgehead atoms. The van der Waals surface area contributed by atoms with Gasteiger partial charge in [0.2, 0.25) is 5.91 Å². The molecule has 0 aliphatic heterocycles. The Labute approximate surface area is 154 Å². The first-order chi connectivity index (χ1) is 12.4. The minimum atomic E-state index is -2.86. The van der Waals surface area contributed by atoms with Crippen LogP contribution in [0.1, 0.15) is 15.9 Å². The molecule has 0 aliphatic rings. The van der Waals surface area contributed by atoms with Gasteiger partial charge in [-0.05, 0) is 42.3 Å². The molecule has 0 heterocycles. The summed E-state index contributed by atoms with van der Waals surface area (Å²) in [5, 5.41) is 5.61.